The SMILES string of the molecule is COc1ccc2c(c1)nnn2-c1nc(SC)nc(Cl)c1Br. The predicted octanol–water partition coefficient (Wildman–Crippen LogP) is 3.36. The maximum absolute atomic E-state index is 6.12. The zero-order valence-electron chi connectivity index (χ0n) is 11.0. The van der Waals surface area contributed by atoms with Gasteiger partial charge in [-0.2, -0.15) is 4.68 Å². The number of halogens is 2. The van der Waals surface area contributed by atoms with Crippen molar-refractivity contribution in [3.63, 3.8) is 0 Å². The summed E-state index contributed by atoms with van der Waals surface area (Å²) in [6.45, 7) is 0. The van der Waals surface area contributed by atoms with E-state index in [0.717, 1.165) is 11.3 Å². The van der Waals surface area contributed by atoms with Gasteiger partial charge in [0.05, 0.1) is 17.1 Å². The molecular formula is C12H9BrClN5OS. The highest BCUT2D eigenvalue weighted by atomic mass is 79.9. The summed E-state index contributed by atoms with van der Waals surface area (Å²) >= 11 is 10.9. The molecule has 0 saturated carbocycles. The Bertz CT molecular complexity index is 825. The smallest absolute Gasteiger partial charge is 0.190 e. The molecule has 0 bridgehead atoms. The lowest BCUT2D eigenvalue weighted by molar-refractivity contribution is 0.415. The van der Waals surface area contributed by atoms with Gasteiger partial charge >= 0.3 is 0 Å². The molecule has 0 aliphatic rings. The molecular weight excluding hydrogens is 378 g/mol. The first kappa shape index (κ1) is 14.6. The quantitative estimate of drug-likeness (QED) is 0.391. The lowest BCUT2D eigenvalue weighted by Crippen LogP contribution is -2.04. The zero-order chi connectivity index (χ0) is 15.0. The third-order valence-electron chi connectivity index (χ3n) is 2.81. The van der Waals surface area contributed by atoms with Crippen molar-refractivity contribution in [3.05, 3.63) is 27.8 Å². The Balaban J connectivity index is 2.23. The van der Waals surface area contributed by atoms with E-state index in [1.54, 1.807) is 11.8 Å². The van der Waals surface area contributed by atoms with E-state index in [0.29, 0.717) is 26.1 Å². The lowest BCUT2D eigenvalue weighted by atomic mass is 10.3. The van der Waals surface area contributed by atoms with E-state index in [4.69, 9.17) is 16.3 Å². The molecule has 0 fully saturated rings. The maximum Gasteiger partial charge on any atom is 0.190 e. The molecule has 0 unspecified atom stereocenters. The minimum atomic E-state index is 0.335. The molecule has 0 spiro atoms. The van der Waals surface area contributed by atoms with Crippen molar-refractivity contribution in [1.29, 1.82) is 0 Å². The van der Waals surface area contributed by atoms with E-state index in [1.165, 1.54) is 11.8 Å². The predicted molar refractivity (Wildman–Crippen MR) is 85.5 cm³/mol. The van der Waals surface area contributed by atoms with Crippen LogP contribution in [-0.4, -0.2) is 38.3 Å². The summed E-state index contributed by atoms with van der Waals surface area (Å²) in [5, 5.41) is 9.17. The van der Waals surface area contributed by atoms with Crippen molar-refractivity contribution in [2.45, 2.75) is 5.16 Å². The molecule has 0 radical (unpaired) electrons. The zero-order valence-corrected chi connectivity index (χ0v) is 14.2. The highest BCUT2D eigenvalue weighted by Gasteiger charge is 2.16. The van der Waals surface area contributed by atoms with Gasteiger partial charge in [-0.25, -0.2) is 9.97 Å². The van der Waals surface area contributed by atoms with Gasteiger partial charge in [-0.1, -0.05) is 28.6 Å². The Hall–Kier alpha value is -1.38. The summed E-state index contributed by atoms with van der Waals surface area (Å²) in [7, 11) is 1.61. The summed E-state index contributed by atoms with van der Waals surface area (Å²) < 4.78 is 7.37. The summed E-state index contributed by atoms with van der Waals surface area (Å²) in [6.07, 6.45) is 1.88. The van der Waals surface area contributed by atoms with Crippen LogP contribution in [0.2, 0.25) is 5.15 Å². The van der Waals surface area contributed by atoms with Crippen molar-refractivity contribution in [1.82, 2.24) is 25.0 Å². The second-order valence-corrected chi connectivity index (χ2v) is 5.92. The van der Waals surface area contributed by atoms with Crippen LogP contribution in [-0.2, 0) is 0 Å². The highest BCUT2D eigenvalue weighted by molar-refractivity contribution is 9.10. The molecule has 1 aromatic carbocycles. The van der Waals surface area contributed by atoms with E-state index < -0.39 is 0 Å². The van der Waals surface area contributed by atoms with E-state index in [1.807, 2.05) is 24.5 Å². The topological polar surface area (TPSA) is 65.7 Å². The monoisotopic (exact) mass is 385 g/mol. The summed E-state index contributed by atoms with van der Waals surface area (Å²) in [5.41, 5.74) is 1.51. The lowest BCUT2D eigenvalue weighted by Gasteiger charge is -2.07. The molecule has 0 atom stereocenters. The number of hydrogen-bond acceptors (Lipinski definition) is 6. The molecule has 6 nitrogen and oxygen atoms in total. The Kier molecular flexibility index (Phi) is 4.01. The van der Waals surface area contributed by atoms with Crippen LogP contribution in [0.3, 0.4) is 0 Å². The van der Waals surface area contributed by atoms with Crippen molar-refractivity contribution < 1.29 is 4.74 Å². The molecule has 0 N–H and O–H groups in total. The van der Waals surface area contributed by atoms with Gasteiger partial charge in [0.1, 0.15) is 16.4 Å². The fraction of sp³-hybridized carbons (Fsp3) is 0.167. The molecule has 0 aliphatic carbocycles. The average Bonchev–Trinajstić information content (AvgIpc) is 2.92. The third-order valence-corrected chi connectivity index (χ3v) is 4.59. The van der Waals surface area contributed by atoms with Crippen molar-refractivity contribution in [3.8, 4) is 11.6 Å². The summed E-state index contributed by atoms with van der Waals surface area (Å²) in [4.78, 5) is 8.59. The van der Waals surface area contributed by atoms with E-state index >= 15 is 0 Å². The first-order valence-corrected chi connectivity index (χ1v) is 8.20. The number of methoxy groups -OCH3 is 1. The number of thioether (sulfide) groups is 1. The third kappa shape index (κ3) is 2.58. The molecule has 3 aromatic rings. The molecule has 9 heteroatoms. The van der Waals surface area contributed by atoms with Gasteiger partial charge in [-0.3, -0.25) is 0 Å². The van der Waals surface area contributed by atoms with Crippen LogP contribution in [0.4, 0.5) is 0 Å². The molecule has 3 rings (SSSR count). The van der Waals surface area contributed by atoms with Crippen molar-refractivity contribution in [2.24, 2.45) is 0 Å². The Morgan fingerprint density at radius 2 is 2.14 bits per heavy atom. The fourth-order valence-corrected chi connectivity index (χ4v) is 2.73. The number of aromatic nitrogens is 5. The Morgan fingerprint density at radius 1 is 1.33 bits per heavy atom. The van der Waals surface area contributed by atoms with Gasteiger partial charge in [0.25, 0.3) is 0 Å². The number of fused-ring (bicyclic) bond motifs is 1. The highest BCUT2D eigenvalue weighted by Crippen LogP contribution is 2.30. The average molecular weight is 387 g/mol. The Labute approximate surface area is 138 Å². The van der Waals surface area contributed by atoms with Gasteiger partial charge < -0.3 is 4.74 Å². The standard InChI is InChI=1S/C12H9BrClN5OS/c1-20-6-3-4-8-7(5-6)17-18-19(8)11-9(13)10(14)15-12(16-11)21-2/h3-5H,1-2H3. The van der Waals surface area contributed by atoms with Gasteiger partial charge in [-0.15, -0.1) is 5.10 Å². The number of rotatable bonds is 3. The minimum absolute atomic E-state index is 0.335. The number of nitrogens with zero attached hydrogens (tertiary/aromatic N) is 5. The second kappa shape index (κ2) is 5.78. The molecule has 2 aromatic heterocycles. The molecule has 2 heterocycles. The van der Waals surface area contributed by atoms with Crippen LogP contribution < -0.4 is 4.74 Å². The first-order valence-electron chi connectivity index (χ1n) is 5.81. The molecule has 0 saturated heterocycles. The summed E-state index contributed by atoms with van der Waals surface area (Å²) in [6, 6.07) is 5.52. The van der Waals surface area contributed by atoms with Crippen molar-refractivity contribution in [2.75, 3.05) is 13.4 Å². The largest absolute Gasteiger partial charge is 0.497 e. The van der Waals surface area contributed by atoms with Gasteiger partial charge in [0.2, 0.25) is 0 Å². The number of ether oxygens (including phenoxy) is 1. The van der Waals surface area contributed by atoms with Gasteiger partial charge in [-0.05, 0) is 34.3 Å². The Morgan fingerprint density at radius 3 is 2.86 bits per heavy atom. The minimum Gasteiger partial charge on any atom is -0.497 e. The van der Waals surface area contributed by atoms with Crippen LogP contribution in [0.5, 0.6) is 5.75 Å². The van der Waals surface area contributed by atoms with Crippen molar-refractivity contribution >= 4 is 50.3 Å². The molecule has 21 heavy (non-hydrogen) atoms. The normalized spacial score (nSPS) is 11.0. The summed E-state index contributed by atoms with van der Waals surface area (Å²) in [5.74, 6) is 1.27. The van der Waals surface area contributed by atoms with Crippen LogP contribution in [0, 0.1) is 0 Å². The van der Waals surface area contributed by atoms with E-state index in [-0.39, 0.29) is 0 Å². The first-order chi connectivity index (χ1) is 10.1. The van der Waals surface area contributed by atoms with Crippen LogP contribution in [0.1, 0.15) is 0 Å². The molecule has 0 aliphatic heterocycles. The fourth-order valence-electron chi connectivity index (χ4n) is 1.81. The molecule has 0 amide bonds. The van der Waals surface area contributed by atoms with Crippen LogP contribution >= 0.6 is 39.3 Å². The van der Waals surface area contributed by atoms with Crippen LogP contribution in [0.15, 0.2) is 27.8 Å². The maximum atomic E-state index is 6.12. The van der Waals surface area contributed by atoms with Gasteiger partial charge in [0, 0.05) is 6.07 Å². The molecule has 108 valence electrons. The van der Waals surface area contributed by atoms with E-state index in [9.17, 15) is 0 Å². The second-order valence-electron chi connectivity index (χ2n) is 3.99. The van der Waals surface area contributed by atoms with Crippen LogP contribution in [0.25, 0.3) is 16.9 Å². The number of hydrogen-bond donors (Lipinski definition) is 0. The number of benzene rings is 1. The van der Waals surface area contributed by atoms with E-state index in [2.05, 4.69) is 36.2 Å². The van der Waals surface area contributed by atoms with Gasteiger partial charge in [0.15, 0.2) is 11.0 Å².